The zero-order valence-corrected chi connectivity index (χ0v) is 11.5. The van der Waals surface area contributed by atoms with Crippen molar-refractivity contribution in [1.29, 1.82) is 0 Å². The Morgan fingerprint density at radius 1 is 0.889 bits per heavy atom. The zero-order chi connectivity index (χ0) is 13.2. The molecule has 0 spiro atoms. The lowest BCUT2D eigenvalue weighted by Crippen LogP contribution is -2.34. The molecule has 0 aromatic rings. The van der Waals surface area contributed by atoms with Crippen LogP contribution in [0.2, 0.25) is 0 Å². The maximum absolute atomic E-state index is 5.50. The molecule has 0 aromatic heterocycles. The molecular formula is C16H21NO. The SMILES string of the molecule is CNC1(C)C=CC2=C(C=C1)C=CC(C)(OC)C=C2. The number of rotatable bonds is 2. The van der Waals surface area contributed by atoms with Crippen LogP contribution >= 0.6 is 0 Å². The molecule has 2 aliphatic rings. The smallest absolute Gasteiger partial charge is 0.102 e. The third kappa shape index (κ3) is 2.55. The number of likely N-dealkylation sites (N-methyl/N-ethyl adjacent to an activating group) is 1. The van der Waals surface area contributed by atoms with Gasteiger partial charge < -0.3 is 10.1 Å². The molecule has 2 heteroatoms. The fraction of sp³-hybridized carbons (Fsp3) is 0.375. The van der Waals surface area contributed by atoms with Crippen LogP contribution in [0, 0.1) is 0 Å². The quantitative estimate of drug-likeness (QED) is 0.805. The summed E-state index contributed by atoms with van der Waals surface area (Å²) in [6, 6.07) is 0. The summed E-state index contributed by atoms with van der Waals surface area (Å²) in [6.07, 6.45) is 17.1. The van der Waals surface area contributed by atoms with E-state index < -0.39 is 0 Å². The van der Waals surface area contributed by atoms with Crippen molar-refractivity contribution in [2.75, 3.05) is 14.2 Å². The van der Waals surface area contributed by atoms with Crippen LogP contribution in [0.15, 0.2) is 59.8 Å². The van der Waals surface area contributed by atoms with E-state index in [2.05, 4.69) is 67.8 Å². The van der Waals surface area contributed by atoms with E-state index in [-0.39, 0.29) is 11.1 Å². The highest BCUT2D eigenvalue weighted by molar-refractivity contribution is 5.53. The average Bonchev–Trinajstić information content (AvgIpc) is 2.64. The van der Waals surface area contributed by atoms with Gasteiger partial charge in [0.05, 0.1) is 5.54 Å². The van der Waals surface area contributed by atoms with E-state index >= 15 is 0 Å². The van der Waals surface area contributed by atoms with Gasteiger partial charge in [0.25, 0.3) is 0 Å². The van der Waals surface area contributed by atoms with Crippen molar-refractivity contribution in [2.24, 2.45) is 0 Å². The predicted molar refractivity (Wildman–Crippen MR) is 76.5 cm³/mol. The lowest BCUT2D eigenvalue weighted by Gasteiger charge is -2.20. The van der Waals surface area contributed by atoms with Crippen LogP contribution in [0.3, 0.4) is 0 Å². The third-order valence-electron chi connectivity index (χ3n) is 3.72. The number of ether oxygens (including phenoxy) is 1. The summed E-state index contributed by atoms with van der Waals surface area (Å²) in [6.45, 7) is 4.20. The van der Waals surface area contributed by atoms with E-state index in [1.54, 1.807) is 7.11 Å². The Balaban J connectivity index is 2.37. The highest BCUT2D eigenvalue weighted by Gasteiger charge is 2.20. The molecule has 0 amide bonds. The van der Waals surface area contributed by atoms with Crippen LogP contribution in [0.5, 0.6) is 0 Å². The fourth-order valence-corrected chi connectivity index (χ4v) is 1.95. The second kappa shape index (κ2) is 4.71. The number of nitrogens with one attached hydrogen (secondary N) is 1. The normalized spacial score (nSPS) is 23.8. The van der Waals surface area contributed by atoms with Crippen molar-refractivity contribution in [3.8, 4) is 0 Å². The average molecular weight is 243 g/mol. The van der Waals surface area contributed by atoms with E-state index in [4.69, 9.17) is 4.74 Å². The second-order valence-corrected chi connectivity index (χ2v) is 5.16. The van der Waals surface area contributed by atoms with Gasteiger partial charge in [0.1, 0.15) is 5.60 Å². The first-order valence-electron chi connectivity index (χ1n) is 6.26. The molecule has 2 nitrogen and oxygen atoms in total. The summed E-state index contributed by atoms with van der Waals surface area (Å²) in [7, 11) is 3.70. The van der Waals surface area contributed by atoms with Crippen molar-refractivity contribution in [2.45, 2.75) is 25.0 Å². The van der Waals surface area contributed by atoms with Gasteiger partial charge in [-0.25, -0.2) is 0 Å². The standard InChI is InChI=1S/C16H21NO/c1-15(17-3)9-5-13-7-11-16(2,18-4)12-8-14(13)6-10-15/h5-12,17H,1-4H3. The Hall–Kier alpha value is -1.38. The minimum absolute atomic E-state index is 0.0849. The monoisotopic (exact) mass is 243 g/mol. The van der Waals surface area contributed by atoms with Crippen LogP contribution in [-0.2, 0) is 4.74 Å². The summed E-state index contributed by atoms with van der Waals surface area (Å²) in [5.74, 6) is 0. The molecule has 0 saturated carbocycles. The van der Waals surface area contributed by atoms with Gasteiger partial charge >= 0.3 is 0 Å². The predicted octanol–water partition coefficient (Wildman–Crippen LogP) is 2.92. The first kappa shape index (κ1) is 13.1. The van der Waals surface area contributed by atoms with E-state index in [9.17, 15) is 0 Å². The van der Waals surface area contributed by atoms with Crippen molar-refractivity contribution in [3.05, 3.63) is 59.8 Å². The molecule has 2 rings (SSSR count). The lowest BCUT2D eigenvalue weighted by molar-refractivity contribution is 0.0908. The molecule has 96 valence electrons. The summed E-state index contributed by atoms with van der Waals surface area (Å²) < 4.78 is 5.50. The summed E-state index contributed by atoms with van der Waals surface area (Å²) in [4.78, 5) is 0. The van der Waals surface area contributed by atoms with Gasteiger partial charge in [0, 0.05) is 7.11 Å². The Bertz CT molecular complexity index is 401. The Kier molecular flexibility index (Phi) is 3.42. The molecule has 0 atom stereocenters. The number of methoxy groups -OCH3 is 1. The van der Waals surface area contributed by atoms with Gasteiger partial charge in [0.2, 0.25) is 0 Å². The Labute approximate surface area is 109 Å². The third-order valence-corrected chi connectivity index (χ3v) is 3.72. The van der Waals surface area contributed by atoms with E-state index in [0.717, 1.165) is 0 Å². The minimum Gasteiger partial charge on any atom is -0.370 e. The molecule has 0 radical (unpaired) electrons. The van der Waals surface area contributed by atoms with Crippen LogP contribution in [-0.4, -0.2) is 25.3 Å². The van der Waals surface area contributed by atoms with Crippen molar-refractivity contribution in [1.82, 2.24) is 5.32 Å². The van der Waals surface area contributed by atoms with Crippen molar-refractivity contribution >= 4 is 0 Å². The van der Waals surface area contributed by atoms with E-state index in [0.29, 0.717) is 0 Å². The first-order valence-corrected chi connectivity index (χ1v) is 6.26. The highest BCUT2D eigenvalue weighted by Crippen LogP contribution is 2.26. The minimum atomic E-state index is -0.319. The highest BCUT2D eigenvalue weighted by atomic mass is 16.5. The number of hydrogen-bond acceptors (Lipinski definition) is 2. The molecular weight excluding hydrogens is 222 g/mol. The Morgan fingerprint density at radius 2 is 1.33 bits per heavy atom. The molecule has 1 N–H and O–H groups in total. The summed E-state index contributed by atoms with van der Waals surface area (Å²) >= 11 is 0. The summed E-state index contributed by atoms with van der Waals surface area (Å²) in [5.41, 5.74) is 2.02. The molecule has 2 aliphatic carbocycles. The van der Waals surface area contributed by atoms with Crippen LogP contribution in [0.4, 0.5) is 0 Å². The molecule has 0 saturated heterocycles. The fourth-order valence-electron chi connectivity index (χ4n) is 1.95. The largest absolute Gasteiger partial charge is 0.370 e. The van der Waals surface area contributed by atoms with Crippen LogP contribution < -0.4 is 5.32 Å². The van der Waals surface area contributed by atoms with Gasteiger partial charge in [-0.15, -0.1) is 0 Å². The molecule has 0 aromatic carbocycles. The molecule has 18 heavy (non-hydrogen) atoms. The van der Waals surface area contributed by atoms with E-state index in [1.807, 2.05) is 7.05 Å². The Morgan fingerprint density at radius 3 is 1.72 bits per heavy atom. The molecule has 0 aliphatic heterocycles. The first-order chi connectivity index (χ1) is 8.50. The molecule has 0 bridgehead atoms. The maximum atomic E-state index is 5.50. The number of allylic oxidation sites excluding steroid dienone is 6. The molecule has 0 unspecified atom stereocenters. The van der Waals surface area contributed by atoms with Gasteiger partial charge in [-0.1, -0.05) is 36.5 Å². The van der Waals surface area contributed by atoms with Gasteiger partial charge in [-0.05, 0) is 44.2 Å². The van der Waals surface area contributed by atoms with E-state index in [1.165, 1.54) is 11.1 Å². The molecule has 0 heterocycles. The van der Waals surface area contributed by atoms with Crippen LogP contribution in [0.25, 0.3) is 0 Å². The number of hydrogen-bond donors (Lipinski definition) is 1. The summed E-state index contributed by atoms with van der Waals surface area (Å²) in [5, 5.41) is 3.30. The van der Waals surface area contributed by atoms with Gasteiger partial charge in [-0.2, -0.15) is 0 Å². The van der Waals surface area contributed by atoms with Gasteiger partial charge in [-0.3, -0.25) is 0 Å². The van der Waals surface area contributed by atoms with Gasteiger partial charge in [0.15, 0.2) is 0 Å². The second-order valence-electron chi connectivity index (χ2n) is 5.16. The van der Waals surface area contributed by atoms with Crippen LogP contribution in [0.1, 0.15) is 13.8 Å². The molecule has 0 fully saturated rings. The topological polar surface area (TPSA) is 21.3 Å². The zero-order valence-electron chi connectivity index (χ0n) is 11.5. The lowest BCUT2D eigenvalue weighted by atomic mass is 10.0. The van der Waals surface area contributed by atoms with Crippen molar-refractivity contribution in [3.63, 3.8) is 0 Å². The maximum Gasteiger partial charge on any atom is 0.102 e. The van der Waals surface area contributed by atoms with Crippen molar-refractivity contribution < 1.29 is 4.74 Å².